The Morgan fingerprint density at radius 3 is 2.56 bits per heavy atom. The maximum atomic E-state index is 12.9. The summed E-state index contributed by atoms with van der Waals surface area (Å²) in [6.07, 6.45) is 5.92. The molecule has 4 heteroatoms. The lowest BCUT2D eigenvalue weighted by molar-refractivity contribution is 0.382. The van der Waals surface area contributed by atoms with Gasteiger partial charge >= 0.3 is 0 Å². The van der Waals surface area contributed by atoms with E-state index in [4.69, 9.17) is 0 Å². The van der Waals surface area contributed by atoms with Crippen LogP contribution in [0.15, 0.2) is 58.3 Å². The zero-order valence-electron chi connectivity index (χ0n) is 14.4. The Morgan fingerprint density at radius 2 is 1.72 bits per heavy atom. The van der Waals surface area contributed by atoms with Crippen LogP contribution in [0.25, 0.3) is 0 Å². The fraction of sp³-hybridized carbons (Fsp3) is 0.429. The van der Waals surface area contributed by atoms with E-state index < -0.39 is 9.84 Å². The molecule has 4 rings (SSSR count). The predicted octanol–water partition coefficient (Wildman–Crippen LogP) is 3.94. The van der Waals surface area contributed by atoms with Crippen LogP contribution in [0.2, 0.25) is 0 Å². The third-order valence-corrected chi connectivity index (χ3v) is 7.56. The van der Waals surface area contributed by atoms with Crippen LogP contribution in [0, 0.1) is 5.92 Å². The summed E-state index contributed by atoms with van der Waals surface area (Å²) >= 11 is 0. The van der Waals surface area contributed by atoms with Gasteiger partial charge in [0.25, 0.3) is 0 Å². The van der Waals surface area contributed by atoms with Crippen LogP contribution in [0.4, 0.5) is 0 Å². The van der Waals surface area contributed by atoms with Crippen molar-refractivity contribution in [3.8, 4) is 0 Å². The molecule has 2 unspecified atom stereocenters. The minimum Gasteiger partial charge on any atom is -0.317 e. The van der Waals surface area contributed by atoms with E-state index in [1.54, 1.807) is 24.3 Å². The average Bonchev–Trinajstić information content (AvgIpc) is 2.87. The number of aryl methyl sites for hydroxylation is 1. The van der Waals surface area contributed by atoms with Gasteiger partial charge in [-0.1, -0.05) is 24.3 Å². The van der Waals surface area contributed by atoms with E-state index in [0.29, 0.717) is 15.7 Å². The first-order valence-electron chi connectivity index (χ1n) is 9.30. The number of rotatable bonds is 3. The van der Waals surface area contributed by atoms with Crippen LogP contribution in [0.1, 0.15) is 42.7 Å². The van der Waals surface area contributed by atoms with Gasteiger partial charge < -0.3 is 5.32 Å². The van der Waals surface area contributed by atoms with E-state index in [9.17, 15) is 8.42 Å². The number of hydrogen-bond acceptors (Lipinski definition) is 3. The summed E-state index contributed by atoms with van der Waals surface area (Å²) in [4.78, 5) is 0.806. The van der Waals surface area contributed by atoms with Gasteiger partial charge in [0, 0.05) is 0 Å². The van der Waals surface area contributed by atoms with Crippen LogP contribution < -0.4 is 5.32 Å². The largest absolute Gasteiger partial charge is 0.317 e. The molecule has 0 saturated carbocycles. The third-order valence-electron chi connectivity index (χ3n) is 5.79. The van der Waals surface area contributed by atoms with Crippen LogP contribution in [0.3, 0.4) is 0 Å². The Labute approximate surface area is 150 Å². The van der Waals surface area contributed by atoms with E-state index in [1.165, 1.54) is 30.4 Å². The first-order chi connectivity index (χ1) is 12.2. The van der Waals surface area contributed by atoms with E-state index in [2.05, 4.69) is 11.4 Å². The molecule has 0 bridgehead atoms. The number of nitrogens with one attached hydrogen (secondary N) is 1. The van der Waals surface area contributed by atoms with Crippen LogP contribution in [0.5, 0.6) is 0 Å². The normalized spacial score (nSPS) is 23.8. The second kappa shape index (κ2) is 6.93. The van der Waals surface area contributed by atoms with Crippen molar-refractivity contribution in [1.82, 2.24) is 5.32 Å². The molecule has 0 radical (unpaired) electrons. The van der Waals surface area contributed by atoms with Crippen molar-refractivity contribution in [1.29, 1.82) is 0 Å². The maximum Gasteiger partial charge on any atom is 0.206 e. The first-order valence-corrected chi connectivity index (χ1v) is 10.8. The number of sulfone groups is 1. The zero-order chi connectivity index (χ0) is 17.3. The van der Waals surface area contributed by atoms with Crippen molar-refractivity contribution < 1.29 is 8.42 Å². The molecule has 2 aromatic carbocycles. The number of benzene rings is 2. The summed E-state index contributed by atoms with van der Waals surface area (Å²) in [6.45, 7) is 2.24. The summed E-state index contributed by atoms with van der Waals surface area (Å²) in [7, 11) is -3.42. The number of fused-ring (bicyclic) bond motifs is 1. The molecule has 132 valence electrons. The minimum atomic E-state index is -3.42. The van der Waals surface area contributed by atoms with Crippen molar-refractivity contribution in [3.05, 3.63) is 59.7 Å². The average molecular weight is 356 g/mol. The van der Waals surface area contributed by atoms with Crippen molar-refractivity contribution in [3.63, 3.8) is 0 Å². The van der Waals surface area contributed by atoms with Gasteiger partial charge in [0.15, 0.2) is 0 Å². The van der Waals surface area contributed by atoms with Crippen molar-refractivity contribution in [2.75, 3.05) is 13.1 Å². The number of hydrogen-bond donors (Lipinski definition) is 1. The van der Waals surface area contributed by atoms with Crippen LogP contribution >= 0.6 is 0 Å². The van der Waals surface area contributed by atoms with E-state index in [0.717, 1.165) is 31.8 Å². The molecule has 0 spiro atoms. The molecule has 0 amide bonds. The smallest absolute Gasteiger partial charge is 0.206 e. The Morgan fingerprint density at radius 1 is 0.880 bits per heavy atom. The summed E-state index contributed by atoms with van der Waals surface area (Å²) < 4.78 is 25.7. The summed E-state index contributed by atoms with van der Waals surface area (Å²) in [6, 6.07) is 14.6. The molecule has 0 aromatic heterocycles. The highest BCUT2D eigenvalue weighted by molar-refractivity contribution is 7.91. The molecule has 2 aliphatic rings. The molecule has 25 heavy (non-hydrogen) atoms. The van der Waals surface area contributed by atoms with E-state index in [1.807, 2.05) is 18.2 Å². The summed E-state index contributed by atoms with van der Waals surface area (Å²) in [5.74, 6) is 1.33. The van der Waals surface area contributed by atoms with E-state index in [-0.39, 0.29) is 0 Å². The Bertz CT molecular complexity index is 837. The third kappa shape index (κ3) is 3.25. The zero-order valence-corrected chi connectivity index (χ0v) is 15.3. The molecule has 2 aromatic rings. The van der Waals surface area contributed by atoms with Crippen LogP contribution in [-0.4, -0.2) is 21.5 Å². The van der Waals surface area contributed by atoms with Gasteiger partial charge in [0.05, 0.1) is 9.79 Å². The lowest BCUT2D eigenvalue weighted by Gasteiger charge is -2.22. The summed E-state index contributed by atoms with van der Waals surface area (Å²) in [5.41, 5.74) is 2.62. The Hall–Kier alpha value is -1.65. The molecule has 1 saturated heterocycles. The second-order valence-corrected chi connectivity index (χ2v) is 9.21. The molecule has 1 N–H and O–H groups in total. The van der Waals surface area contributed by atoms with Gasteiger partial charge in [0.1, 0.15) is 0 Å². The summed E-state index contributed by atoms with van der Waals surface area (Å²) in [5, 5.41) is 3.49. The highest BCUT2D eigenvalue weighted by Crippen LogP contribution is 2.42. The first kappa shape index (κ1) is 16.8. The molecule has 1 heterocycles. The van der Waals surface area contributed by atoms with Gasteiger partial charge in [-0.15, -0.1) is 0 Å². The fourth-order valence-electron chi connectivity index (χ4n) is 4.47. The molecule has 1 aliphatic carbocycles. The Kier molecular flexibility index (Phi) is 4.65. The monoisotopic (exact) mass is 355 g/mol. The topological polar surface area (TPSA) is 46.2 Å². The maximum absolute atomic E-state index is 12.9. The quantitative estimate of drug-likeness (QED) is 0.907. The molecule has 3 nitrogen and oxygen atoms in total. The lowest BCUT2D eigenvalue weighted by Crippen LogP contribution is -2.16. The van der Waals surface area contributed by atoms with Gasteiger partial charge in [-0.2, -0.15) is 0 Å². The highest BCUT2D eigenvalue weighted by Gasteiger charge is 2.31. The predicted molar refractivity (Wildman–Crippen MR) is 99.6 cm³/mol. The highest BCUT2D eigenvalue weighted by atomic mass is 32.2. The van der Waals surface area contributed by atoms with Gasteiger partial charge in [-0.3, -0.25) is 0 Å². The Balaban J connectivity index is 1.63. The molecular formula is C21H25NO2S. The van der Waals surface area contributed by atoms with Crippen molar-refractivity contribution in [2.24, 2.45) is 5.92 Å². The van der Waals surface area contributed by atoms with Gasteiger partial charge in [0.2, 0.25) is 9.84 Å². The fourth-order valence-corrected chi connectivity index (χ4v) is 5.80. The van der Waals surface area contributed by atoms with Crippen molar-refractivity contribution in [2.45, 2.75) is 47.8 Å². The molecule has 1 fully saturated rings. The molecule has 1 aliphatic heterocycles. The SMILES string of the molecule is O=S(=O)(c1ccccc1)c1ccc2c(c1)CCC2C1CCCNCC1. The minimum absolute atomic E-state index is 0.374. The second-order valence-electron chi connectivity index (χ2n) is 7.26. The molecule has 2 atom stereocenters. The van der Waals surface area contributed by atoms with Crippen molar-refractivity contribution >= 4 is 9.84 Å². The van der Waals surface area contributed by atoms with Gasteiger partial charge in [-0.05, 0) is 92.4 Å². The standard InChI is InChI=1S/C21H25NO2S/c23-25(24,18-6-2-1-3-7-18)19-9-11-21-17(15-19)8-10-20(21)16-5-4-13-22-14-12-16/h1-3,6-7,9,11,15-16,20,22H,4-5,8,10,12-14H2. The van der Waals surface area contributed by atoms with E-state index >= 15 is 0 Å². The van der Waals surface area contributed by atoms with Crippen LogP contribution in [-0.2, 0) is 16.3 Å². The van der Waals surface area contributed by atoms with Gasteiger partial charge in [-0.25, -0.2) is 8.42 Å². The molecular weight excluding hydrogens is 330 g/mol. The lowest BCUT2D eigenvalue weighted by atomic mass is 9.82.